The number of anilines is 1. The maximum Gasteiger partial charge on any atom is 0.242 e. The van der Waals surface area contributed by atoms with E-state index in [1.807, 2.05) is 18.2 Å². The third kappa shape index (κ3) is 3.12. The highest BCUT2D eigenvalue weighted by Crippen LogP contribution is 2.44. The second kappa shape index (κ2) is 5.79. The van der Waals surface area contributed by atoms with Crippen LogP contribution in [0.25, 0.3) is 0 Å². The second-order valence-corrected chi connectivity index (χ2v) is 8.01. The number of sulfonamides is 1. The summed E-state index contributed by atoms with van der Waals surface area (Å²) < 4.78 is 26.6. The molecular weight excluding hydrogens is 304 g/mol. The summed E-state index contributed by atoms with van der Waals surface area (Å²) >= 11 is 1.71. The van der Waals surface area contributed by atoms with Crippen LogP contribution >= 0.6 is 11.3 Å². The number of benzene rings is 1. The molecule has 1 heterocycles. The van der Waals surface area contributed by atoms with Gasteiger partial charge in [0.15, 0.2) is 0 Å². The number of nitrogens with one attached hydrogen (secondary N) is 2. The van der Waals surface area contributed by atoms with Gasteiger partial charge in [-0.15, -0.1) is 11.3 Å². The molecule has 1 unspecified atom stereocenters. The number of hydrogen-bond donors (Lipinski definition) is 2. The number of thiophene rings is 1. The Kier molecular flexibility index (Phi) is 4.01. The molecule has 0 radical (unpaired) electrons. The van der Waals surface area contributed by atoms with Gasteiger partial charge in [0.2, 0.25) is 10.0 Å². The van der Waals surface area contributed by atoms with Crippen LogP contribution in [0.3, 0.4) is 0 Å². The van der Waals surface area contributed by atoms with Gasteiger partial charge in [0.1, 0.15) is 4.90 Å². The van der Waals surface area contributed by atoms with E-state index in [2.05, 4.69) is 21.5 Å². The molecule has 3 rings (SSSR count). The third-order valence-electron chi connectivity index (χ3n) is 3.70. The highest BCUT2D eigenvalue weighted by Gasteiger charge is 2.33. The Morgan fingerprint density at radius 1 is 1.19 bits per heavy atom. The fraction of sp³-hybridized carbons (Fsp3) is 0.333. The highest BCUT2D eigenvalue weighted by atomic mass is 32.2. The van der Waals surface area contributed by atoms with Crippen LogP contribution in [0.4, 0.5) is 5.69 Å². The Labute approximate surface area is 129 Å². The average molecular weight is 322 g/mol. The van der Waals surface area contributed by atoms with Crippen molar-refractivity contribution in [2.24, 2.45) is 5.92 Å². The minimum Gasteiger partial charge on any atom is -0.376 e. The number of hydrogen-bond acceptors (Lipinski definition) is 4. The van der Waals surface area contributed by atoms with Gasteiger partial charge in [0.25, 0.3) is 0 Å². The van der Waals surface area contributed by atoms with Crippen molar-refractivity contribution < 1.29 is 8.42 Å². The number of para-hydroxylation sites is 1. The van der Waals surface area contributed by atoms with Crippen molar-refractivity contribution in [2.45, 2.75) is 23.8 Å². The lowest BCUT2D eigenvalue weighted by Gasteiger charge is -2.20. The van der Waals surface area contributed by atoms with Crippen LogP contribution in [-0.2, 0) is 10.0 Å². The first-order valence-electron chi connectivity index (χ1n) is 6.94. The zero-order chi connectivity index (χ0) is 14.9. The van der Waals surface area contributed by atoms with Crippen molar-refractivity contribution >= 4 is 27.0 Å². The predicted molar refractivity (Wildman–Crippen MR) is 86.1 cm³/mol. The van der Waals surface area contributed by atoms with E-state index in [1.54, 1.807) is 23.5 Å². The smallest absolute Gasteiger partial charge is 0.242 e. The Balaban J connectivity index is 1.94. The molecule has 112 valence electrons. The molecule has 0 spiro atoms. The molecule has 0 saturated heterocycles. The fourth-order valence-corrected chi connectivity index (χ4v) is 4.18. The lowest BCUT2D eigenvalue weighted by Crippen LogP contribution is -2.21. The summed E-state index contributed by atoms with van der Waals surface area (Å²) in [6.45, 7) is 0. The van der Waals surface area contributed by atoms with Crippen LogP contribution in [0.5, 0.6) is 0 Å². The fourth-order valence-electron chi connectivity index (χ4n) is 2.42. The van der Waals surface area contributed by atoms with Gasteiger partial charge in [-0.25, -0.2) is 13.1 Å². The van der Waals surface area contributed by atoms with Gasteiger partial charge in [-0.05, 0) is 49.4 Å². The quantitative estimate of drug-likeness (QED) is 0.858. The monoisotopic (exact) mass is 322 g/mol. The van der Waals surface area contributed by atoms with E-state index in [9.17, 15) is 8.42 Å². The molecule has 1 aromatic carbocycles. The van der Waals surface area contributed by atoms with Gasteiger partial charge < -0.3 is 5.32 Å². The van der Waals surface area contributed by atoms with E-state index >= 15 is 0 Å². The standard InChI is InChI=1S/C15H18N2O2S2/c1-16-21(18,19)14-7-3-2-5-12(14)17-15(11-8-9-11)13-6-4-10-20-13/h2-7,10-11,15-17H,8-9H2,1H3. The minimum absolute atomic E-state index is 0.193. The van der Waals surface area contributed by atoms with Gasteiger partial charge in [-0.2, -0.15) is 0 Å². The molecule has 0 amide bonds. The molecule has 1 aliphatic rings. The Bertz CT molecular complexity index is 707. The first kappa shape index (κ1) is 14.6. The zero-order valence-corrected chi connectivity index (χ0v) is 13.4. The molecule has 21 heavy (non-hydrogen) atoms. The Morgan fingerprint density at radius 3 is 2.57 bits per heavy atom. The Morgan fingerprint density at radius 2 is 1.95 bits per heavy atom. The number of rotatable bonds is 6. The summed E-state index contributed by atoms with van der Waals surface area (Å²) in [5, 5.41) is 5.50. The first-order valence-corrected chi connectivity index (χ1v) is 9.30. The van der Waals surface area contributed by atoms with Gasteiger partial charge in [0.05, 0.1) is 11.7 Å². The molecular formula is C15H18N2O2S2. The van der Waals surface area contributed by atoms with E-state index in [0.717, 1.165) is 0 Å². The lowest BCUT2D eigenvalue weighted by atomic mass is 10.1. The normalized spacial score (nSPS) is 16.6. The summed E-state index contributed by atoms with van der Waals surface area (Å²) in [7, 11) is -2.02. The SMILES string of the molecule is CNS(=O)(=O)c1ccccc1NC(c1cccs1)C1CC1. The molecule has 0 bridgehead atoms. The van der Waals surface area contributed by atoms with Crippen molar-refractivity contribution in [2.75, 3.05) is 12.4 Å². The molecule has 1 fully saturated rings. The van der Waals surface area contributed by atoms with Crippen LogP contribution in [0.1, 0.15) is 23.8 Å². The highest BCUT2D eigenvalue weighted by molar-refractivity contribution is 7.89. The van der Waals surface area contributed by atoms with Crippen molar-refractivity contribution in [3.63, 3.8) is 0 Å². The molecule has 1 aliphatic carbocycles. The minimum atomic E-state index is -3.46. The maximum atomic E-state index is 12.1. The summed E-state index contributed by atoms with van der Waals surface area (Å²) in [6.07, 6.45) is 2.38. The first-order chi connectivity index (χ1) is 10.1. The molecule has 4 nitrogen and oxygen atoms in total. The summed E-state index contributed by atoms with van der Waals surface area (Å²) in [6, 6.07) is 11.4. The van der Waals surface area contributed by atoms with E-state index < -0.39 is 10.0 Å². The second-order valence-electron chi connectivity index (χ2n) is 5.18. The van der Waals surface area contributed by atoms with Crippen LogP contribution in [0, 0.1) is 5.92 Å². The molecule has 6 heteroatoms. The predicted octanol–water partition coefficient (Wildman–Crippen LogP) is 3.22. The van der Waals surface area contributed by atoms with E-state index in [-0.39, 0.29) is 6.04 Å². The zero-order valence-electron chi connectivity index (χ0n) is 11.7. The maximum absolute atomic E-state index is 12.1. The topological polar surface area (TPSA) is 58.2 Å². The summed E-state index contributed by atoms with van der Waals surface area (Å²) in [5.74, 6) is 0.592. The van der Waals surface area contributed by atoms with E-state index in [1.165, 1.54) is 24.8 Å². The third-order valence-corrected chi connectivity index (χ3v) is 6.13. The largest absolute Gasteiger partial charge is 0.376 e. The van der Waals surface area contributed by atoms with E-state index in [0.29, 0.717) is 16.5 Å². The summed E-state index contributed by atoms with van der Waals surface area (Å²) in [4.78, 5) is 1.56. The van der Waals surface area contributed by atoms with Crippen LogP contribution in [-0.4, -0.2) is 15.5 Å². The van der Waals surface area contributed by atoms with Crippen molar-refractivity contribution in [1.82, 2.24) is 4.72 Å². The van der Waals surface area contributed by atoms with Gasteiger partial charge >= 0.3 is 0 Å². The van der Waals surface area contributed by atoms with Crippen LogP contribution in [0.2, 0.25) is 0 Å². The molecule has 1 saturated carbocycles. The van der Waals surface area contributed by atoms with Gasteiger partial charge in [-0.3, -0.25) is 0 Å². The lowest BCUT2D eigenvalue weighted by molar-refractivity contribution is 0.588. The van der Waals surface area contributed by atoms with Crippen LogP contribution in [0.15, 0.2) is 46.7 Å². The molecule has 1 aromatic heterocycles. The van der Waals surface area contributed by atoms with E-state index in [4.69, 9.17) is 0 Å². The van der Waals surface area contributed by atoms with Crippen LogP contribution < -0.4 is 10.0 Å². The van der Waals surface area contributed by atoms with Gasteiger partial charge in [-0.1, -0.05) is 18.2 Å². The van der Waals surface area contributed by atoms with Gasteiger partial charge in [0, 0.05) is 4.88 Å². The van der Waals surface area contributed by atoms with Crippen molar-refractivity contribution in [3.05, 3.63) is 46.7 Å². The average Bonchev–Trinajstić information content (AvgIpc) is 3.19. The molecule has 0 aliphatic heterocycles. The van der Waals surface area contributed by atoms with Crippen molar-refractivity contribution in [1.29, 1.82) is 0 Å². The molecule has 2 N–H and O–H groups in total. The van der Waals surface area contributed by atoms with Crippen molar-refractivity contribution in [3.8, 4) is 0 Å². The Hall–Kier alpha value is -1.37. The molecule has 2 aromatic rings. The molecule has 1 atom stereocenters. The summed E-state index contributed by atoms with van der Waals surface area (Å²) in [5.41, 5.74) is 0.664.